The van der Waals surface area contributed by atoms with Crippen LogP contribution in [-0.2, 0) is 0 Å². The van der Waals surface area contributed by atoms with Crippen LogP contribution in [0, 0.1) is 0 Å². The van der Waals surface area contributed by atoms with Gasteiger partial charge >= 0.3 is 0 Å². The third kappa shape index (κ3) is 2.43. The largest absolute Gasteiger partial charge is 0.271 e. The molecule has 102 valence electrons. The molecule has 1 atom stereocenters. The lowest BCUT2D eigenvalue weighted by Gasteiger charge is -2.18. The van der Waals surface area contributed by atoms with Crippen LogP contribution in [0.3, 0.4) is 0 Å². The molecule has 0 saturated carbocycles. The fourth-order valence-electron chi connectivity index (χ4n) is 2.30. The van der Waals surface area contributed by atoms with Crippen LogP contribution in [0.1, 0.15) is 17.2 Å². The fourth-order valence-corrected chi connectivity index (χ4v) is 3.70. The van der Waals surface area contributed by atoms with Crippen molar-refractivity contribution in [3.8, 4) is 0 Å². The number of thiophene rings is 1. The number of hydrogen-bond donors (Lipinski definition) is 2. The summed E-state index contributed by atoms with van der Waals surface area (Å²) >= 11 is 14.1. The third-order valence-electron chi connectivity index (χ3n) is 3.26. The van der Waals surface area contributed by atoms with E-state index in [1.807, 2.05) is 18.2 Å². The Morgan fingerprint density at radius 1 is 1.05 bits per heavy atom. The van der Waals surface area contributed by atoms with Gasteiger partial charge in [0, 0.05) is 14.7 Å². The quantitative estimate of drug-likeness (QED) is 0.539. The Bertz CT molecular complexity index is 754. The molecule has 1 aromatic heterocycles. The normalized spacial score (nSPS) is 12.8. The highest BCUT2D eigenvalue weighted by Gasteiger charge is 2.19. The summed E-state index contributed by atoms with van der Waals surface area (Å²) < 4.78 is 1.22. The van der Waals surface area contributed by atoms with E-state index in [1.165, 1.54) is 10.1 Å². The van der Waals surface area contributed by atoms with Crippen LogP contribution in [0.5, 0.6) is 0 Å². The highest BCUT2D eigenvalue weighted by Crippen LogP contribution is 2.36. The van der Waals surface area contributed by atoms with Crippen LogP contribution < -0.4 is 11.3 Å². The lowest BCUT2D eigenvalue weighted by atomic mass is 9.99. The van der Waals surface area contributed by atoms with Gasteiger partial charge in [0.2, 0.25) is 0 Å². The van der Waals surface area contributed by atoms with Gasteiger partial charge in [0.15, 0.2) is 0 Å². The molecule has 2 aromatic carbocycles. The van der Waals surface area contributed by atoms with Crippen molar-refractivity contribution in [3.63, 3.8) is 0 Å². The monoisotopic (exact) mass is 322 g/mol. The summed E-state index contributed by atoms with van der Waals surface area (Å²) in [6.07, 6.45) is 0. The van der Waals surface area contributed by atoms with Crippen molar-refractivity contribution in [1.82, 2.24) is 5.43 Å². The first-order valence-electron chi connectivity index (χ1n) is 6.08. The predicted octanol–water partition coefficient (Wildman–Crippen LogP) is 4.76. The molecule has 2 nitrogen and oxygen atoms in total. The summed E-state index contributed by atoms with van der Waals surface area (Å²) in [7, 11) is 0. The average molecular weight is 323 g/mol. The highest BCUT2D eigenvalue weighted by atomic mass is 35.5. The van der Waals surface area contributed by atoms with Crippen molar-refractivity contribution in [2.75, 3.05) is 0 Å². The van der Waals surface area contributed by atoms with E-state index in [0.717, 1.165) is 11.1 Å². The van der Waals surface area contributed by atoms with Gasteiger partial charge in [-0.1, -0.05) is 41.4 Å². The SMILES string of the molecule is NNC(c1cc(Cl)ccc1Cl)c1csc2ccccc12. The van der Waals surface area contributed by atoms with Gasteiger partial charge in [-0.05, 0) is 46.2 Å². The van der Waals surface area contributed by atoms with Crippen LogP contribution >= 0.6 is 34.5 Å². The molecule has 0 radical (unpaired) electrons. The smallest absolute Gasteiger partial charge is 0.0739 e. The standard InChI is InChI=1S/C15H12Cl2N2S/c16-9-5-6-13(17)11(7-9)15(19-18)12-8-20-14-4-2-1-3-10(12)14/h1-8,15,19H,18H2. The molecule has 5 heteroatoms. The van der Waals surface area contributed by atoms with Crippen molar-refractivity contribution in [1.29, 1.82) is 0 Å². The molecular formula is C15H12Cl2N2S. The number of hydrazine groups is 1. The maximum Gasteiger partial charge on any atom is 0.0739 e. The second-order valence-corrected chi connectivity index (χ2v) is 6.21. The molecule has 0 aliphatic rings. The van der Waals surface area contributed by atoms with E-state index < -0.39 is 0 Å². The fraction of sp³-hybridized carbons (Fsp3) is 0.0667. The molecule has 1 heterocycles. The predicted molar refractivity (Wildman–Crippen MR) is 87.5 cm³/mol. The summed E-state index contributed by atoms with van der Waals surface area (Å²) in [4.78, 5) is 0. The third-order valence-corrected chi connectivity index (χ3v) is 4.82. The summed E-state index contributed by atoms with van der Waals surface area (Å²) in [6.45, 7) is 0. The minimum atomic E-state index is -0.183. The summed E-state index contributed by atoms with van der Waals surface area (Å²) in [6, 6.07) is 13.5. The number of nitrogens with two attached hydrogens (primary N) is 1. The van der Waals surface area contributed by atoms with Crippen LogP contribution in [0.15, 0.2) is 47.8 Å². The summed E-state index contributed by atoms with van der Waals surface area (Å²) in [5.41, 5.74) is 4.83. The van der Waals surface area contributed by atoms with E-state index in [0.29, 0.717) is 10.0 Å². The maximum absolute atomic E-state index is 6.29. The van der Waals surface area contributed by atoms with Gasteiger partial charge in [0.25, 0.3) is 0 Å². The van der Waals surface area contributed by atoms with E-state index >= 15 is 0 Å². The Kier molecular flexibility index (Phi) is 3.96. The van der Waals surface area contributed by atoms with Crippen LogP contribution in [0.4, 0.5) is 0 Å². The number of nitrogens with one attached hydrogen (secondary N) is 1. The van der Waals surface area contributed by atoms with Gasteiger partial charge < -0.3 is 0 Å². The number of benzene rings is 2. The van der Waals surface area contributed by atoms with E-state index in [1.54, 1.807) is 23.5 Å². The van der Waals surface area contributed by atoms with E-state index in [2.05, 4.69) is 22.9 Å². The minimum absolute atomic E-state index is 0.183. The molecule has 0 aliphatic carbocycles. The zero-order valence-electron chi connectivity index (χ0n) is 10.4. The maximum atomic E-state index is 6.29. The van der Waals surface area contributed by atoms with Crippen LogP contribution in [-0.4, -0.2) is 0 Å². The van der Waals surface area contributed by atoms with Crippen molar-refractivity contribution in [2.24, 2.45) is 5.84 Å². The lowest BCUT2D eigenvalue weighted by molar-refractivity contribution is 0.642. The molecule has 3 rings (SSSR count). The Hall–Kier alpha value is -1.10. The Morgan fingerprint density at radius 3 is 2.65 bits per heavy atom. The first-order valence-corrected chi connectivity index (χ1v) is 7.71. The van der Waals surface area contributed by atoms with Gasteiger partial charge in [-0.15, -0.1) is 11.3 Å². The van der Waals surface area contributed by atoms with Crippen LogP contribution in [0.25, 0.3) is 10.1 Å². The molecule has 20 heavy (non-hydrogen) atoms. The van der Waals surface area contributed by atoms with E-state index in [9.17, 15) is 0 Å². The number of halogens is 2. The summed E-state index contributed by atoms with van der Waals surface area (Å²) in [5, 5.41) is 4.57. The van der Waals surface area contributed by atoms with Crippen LogP contribution in [0.2, 0.25) is 10.0 Å². The van der Waals surface area contributed by atoms with Crippen molar-refractivity contribution >= 4 is 44.6 Å². The Morgan fingerprint density at radius 2 is 1.85 bits per heavy atom. The van der Waals surface area contributed by atoms with Gasteiger partial charge in [-0.3, -0.25) is 5.84 Å². The van der Waals surface area contributed by atoms with E-state index in [-0.39, 0.29) is 6.04 Å². The van der Waals surface area contributed by atoms with Crippen molar-refractivity contribution < 1.29 is 0 Å². The first-order chi connectivity index (χ1) is 9.70. The average Bonchev–Trinajstić information content (AvgIpc) is 2.88. The molecule has 0 fully saturated rings. The Balaban J connectivity index is 2.16. The summed E-state index contributed by atoms with van der Waals surface area (Å²) in [5.74, 6) is 5.76. The molecular weight excluding hydrogens is 311 g/mol. The molecule has 0 amide bonds. The van der Waals surface area contributed by atoms with Crippen molar-refractivity contribution in [2.45, 2.75) is 6.04 Å². The molecule has 0 bridgehead atoms. The first kappa shape index (κ1) is 13.9. The second-order valence-electron chi connectivity index (χ2n) is 4.45. The van der Waals surface area contributed by atoms with Gasteiger partial charge in [0.1, 0.15) is 0 Å². The number of rotatable bonds is 3. The van der Waals surface area contributed by atoms with E-state index in [4.69, 9.17) is 29.0 Å². The molecule has 0 saturated heterocycles. The number of hydrogen-bond acceptors (Lipinski definition) is 3. The van der Waals surface area contributed by atoms with Gasteiger partial charge in [-0.25, -0.2) is 5.43 Å². The zero-order valence-corrected chi connectivity index (χ0v) is 12.8. The van der Waals surface area contributed by atoms with Gasteiger partial charge in [0.05, 0.1) is 6.04 Å². The minimum Gasteiger partial charge on any atom is -0.271 e. The van der Waals surface area contributed by atoms with Gasteiger partial charge in [-0.2, -0.15) is 0 Å². The molecule has 3 aromatic rings. The zero-order chi connectivity index (χ0) is 14.1. The highest BCUT2D eigenvalue weighted by molar-refractivity contribution is 7.17. The molecule has 0 spiro atoms. The van der Waals surface area contributed by atoms with Crippen molar-refractivity contribution in [3.05, 3.63) is 69.0 Å². The number of fused-ring (bicyclic) bond motifs is 1. The molecule has 3 N–H and O–H groups in total. The Labute approximate surface area is 131 Å². The lowest BCUT2D eigenvalue weighted by Crippen LogP contribution is -2.28. The topological polar surface area (TPSA) is 38.0 Å². The molecule has 1 unspecified atom stereocenters. The second kappa shape index (κ2) is 5.72. The molecule has 0 aliphatic heterocycles.